The number of nitrogens with one attached hydrogen (secondary N) is 3. The Bertz CT molecular complexity index is 296. The Balaban J connectivity index is 0.00000144. The molecule has 0 aliphatic rings. The summed E-state index contributed by atoms with van der Waals surface area (Å²) in [5, 5.41) is 0. The molecule has 0 aliphatic carbocycles. The zero-order valence-corrected chi connectivity index (χ0v) is 8.27. The molecule has 0 aliphatic heterocycles. The van der Waals surface area contributed by atoms with Gasteiger partial charge in [0.2, 0.25) is 10.9 Å². The SMILES string of the molecule is Cl.O=[SH](=O)NNNc1ccccc1. The smallest absolute Gasteiger partial charge is 0.215 e. The number of anilines is 1. The second kappa shape index (κ2) is 6.67. The summed E-state index contributed by atoms with van der Waals surface area (Å²) in [6, 6.07) is 9.13. The predicted octanol–water partition coefficient (Wildman–Crippen LogP) is 0.0559. The van der Waals surface area contributed by atoms with Gasteiger partial charge in [-0.25, -0.2) is 8.42 Å². The zero-order chi connectivity index (χ0) is 8.81. The summed E-state index contributed by atoms with van der Waals surface area (Å²) < 4.78 is 20.0. The average molecular weight is 224 g/mol. The topological polar surface area (TPSA) is 70.2 Å². The first-order chi connectivity index (χ1) is 5.79. The standard InChI is InChI=1S/C6H9N3O2S.ClH/c10-12(11)9-8-7-6-4-2-1-3-5-6;/h1-5,7-8,12H,(H,9,10,11);1H. The minimum atomic E-state index is -2.62. The van der Waals surface area contributed by atoms with Crippen LogP contribution in [0.3, 0.4) is 0 Å². The maximum atomic E-state index is 10.0. The Morgan fingerprint density at radius 3 is 2.23 bits per heavy atom. The fourth-order valence-corrected chi connectivity index (χ4v) is 0.814. The number of hydrogen-bond donors (Lipinski definition) is 4. The molecule has 1 aromatic carbocycles. The number of hydrogen-bond acceptors (Lipinski definition) is 4. The summed E-state index contributed by atoms with van der Waals surface area (Å²) in [5.74, 6) is 0. The van der Waals surface area contributed by atoms with Gasteiger partial charge in [-0.1, -0.05) is 18.2 Å². The number of rotatable bonds is 4. The third kappa shape index (κ3) is 5.42. The maximum absolute atomic E-state index is 10.0. The summed E-state index contributed by atoms with van der Waals surface area (Å²) >= 11 is 0. The second-order valence-corrected chi connectivity index (χ2v) is 2.72. The average Bonchev–Trinajstić information content (AvgIpc) is 2.05. The van der Waals surface area contributed by atoms with Crippen LogP contribution in [0.4, 0.5) is 5.69 Å². The van der Waals surface area contributed by atoms with Gasteiger partial charge in [0.25, 0.3) is 0 Å². The highest BCUT2D eigenvalue weighted by molar-refractivity contribution is 7.70. The van der Waals surface area contributed by atoms with Gasteiger partial charge in [0.05, 0.1) is 5.69 Å². The molecule has 0 fully saturated rings. The van der Waals surface area contributed by atoms with E-state index in [-0.39, 0.29) is 12.4 Å². The van der Waals surface area contributed by atoms with Gasteiger partial charge in [-0.2, -0.15) is 5.53 Å². The minimum Gasteiger partial charge on any atom is -0.307 e. The predicted molar refractivity (Wildman–Crippen MR) is 53.9 cm³/mol. The van der Waals surface area contributed by atoms with E-state index < -0.39 is 10.9 Å². The summed E-state index contributed by atoms with van der Waals surface area (Å²) in [6.07, 6.45) is 0. The Kier molecular flexibility index (Phi) is 6.25. The van der Waals surface area contributed by atoms with E-state index in [1.165, 1.54) is 0 Å². The van der Waals surface area contributed by atoms with Crippen molar-refractivity contribution in [3.8, 4) is 0 Å². The molecule has 0 radical (unpaired) electrons. The second-order valence-electron chi connectivity index (χ2n) is 1.98. The van der Waals surface area contributed by atoms with Gasteiger partial charge in [0, 0.05) is 0 Å². The summed E-state index contributed by atoms with van der Waals surface area (Å²) in [4.78, 5) is 1.99. The van der Waals surface area contributed by atoms with Crippen molar-refractivity contribution in [1.29, 1.82) is 0 Å². The quantitative estimate of drug-likeness (QED) is 0.430. The van der Waals surface area contributed by atoms with Crippen LogP contribution in [0.2, 0.25) is 0 Å². The Morgan fingerprint density at radius 2 is 1.69 bits per heavy atom. The molecule has 0 aromatic heterocycles. The van der Waals surface area contributed by atoms with Crippen LogP contribution >= 0.6 is 12.4 Å². The van der Waals surface area contributed by atoms with Crippen molar-refractivity contribution in [2.45, 2.75) is 0 Å². The molecule has 13 heavy (non-hydrogen) atoms. The van der Waals surface area contributed by atoms with E-state index in [0.717, 1.165) is 5.69 Å². The number of para-hydroxylation sites is 1. The molecule has 0 bridgehead atoms. The van der Waals surface area contributed by atoms with Crippen molar-refractivity contribution in [2.75, 3.05) is 5.43 Å². The molecule has 0 atom stereocenters. The van der Waals surface area contributed by atoms with E-state index in [2.05, 4.69) is 11.0 Å². The first kappa shape index (κ1) is 12.2. The fourth-order valence-electron chi connectivity index (χ4n) is 0.667. The lowest BCUT2D eigenvalue weighted by molar-refractivity contribution is 0.590. The van der Waals surface area contributed by atoms with Gasteiger partial charge in [-0.3, -0.25) is 0 Å². The molecule has 0 spiro atoms. The van der Waals surface area contributed by atoms with Gasteiger partial charge in [0.15, 0.2) is 0 Å². The molecule has 0 saturated carbocycles. The lowest BCUT2D eigenvalue weighted by Gasteiger charge is -2.04. The first-order valence-electron chi connectivity index (χ1n) is 3.25. The van der Waals surface area contributed by atoms with Crippen LogP contribution in [0.15, 0.2) is 30.3 Å². The first-order valence-corrected chi connectivity index (χ1v) is 4.43. The van der Waals surface area contributed by atoms with Gasteiger partial charge in [-0.15, -0.1) is 17.2 Å². The Hall–Kier alpha value is -0.820. The third-order valence-corrected chi connectivity index (χ3v) is 1.42. The van der Waals surface area contributed by atoms with Crippen LogP contribution < -0.4 is 15.8 Å². The number of hydrazine groups is 2. The Labute approximate surface area is 84.0 Å². The van der Waals surface area contributed by atoms with Crippen LogP contribution in [0.5, 0.6) is 0 Å². The summed E-state index contributed by atoms with van der Waals surface area (Å²) in [6.45, 7) is 0. The lowest BCUT2D eigenvalue weighted by Crippen LogP contribution is -2.35. The summed E-state index contributed by atoms with van der Waals surface area (Å²) in [7, 11) is -2.62. The molecule has 1 rings (SSSR count). The fraction of sp³-hybridized carbons (Fsp3) is 0. The van der Waals surface area contributed by atoms with Crippen molar-refractivity contribution in [3.63, 3.8) is 0 Å². The lowest BCUT2D eigenvalue weighted by atomic mass is 10.3. The molecule has 0 unspecified atom stereocenters. The number of benzene rings is 1. The molecule has 0 amide bonds. The third-order valence-electron chi connectivity index (χ3n) is 1.13. The van der Waals surface area contributed by atoms with Crippen LogP contribution in [0.1, 0.15) is 0 Å². The van der Waals surface area contributed by atoms with Crippen LogP contribution in [0.25, 0.3) is 0 Å². The molecule has 7 heteroatoms. The van der Waals surface area contributed by atoms with Crippen molar-refractivity contribution in [1.82, 2.24) is 10.4 Å². The molecule has 74 valence electrons. The van der Waals surface area contributed by atoms with E-state index in [4.69, 9.17) is 0 Å². The van der Waals surface area contributed by atoms with E-state index in [1.807, 2.05) is 23.0 Å². The largest absolute Gasteiger partial charge is 0.307 e. The van der Waals surface area contributed by atoms with Crippen molar-refractivity contribution in [3.05, 3.63) is 30.3 Å². The molecule has 0 saturated heterocycles. The molecule has 0 heterocycles. The molecule has 5 nitrogen and oxygen atoms in total. The molecule has 3 N–H and O–H groups in total. The normalized spacial score (nSPS) is 9.31. The van der Waals surface area contributed by atoms with Gasteiger partial charge >= 0.3 is 0 Å². The van der Waals surface area contributed by atoms with Gasteiger partial charge in [0.1, 0.15) is 0 Å². The highest BCUT2D eigenvalue weighted by Crippen LogP contribution is 2.01. The van der Waals surface area contributed by atoms with Gasteiger partial charge in [-0.05, 0) is 12.1 Å². The van der Waals surface area contributed by atoms with Crippen molar-refractivity contribution >= 4 is 29.0 Å². The van der Waals surface area contributed by atoms with E-state index in [9.17, 15) is 8.42 Å². The van der Waals surface area contributed by atoms with E-state index >= 15 is 0 Å². The zero-order valence-electron chi connectivity index (χ0n) is 6.56. The van der Waals surface area contributed by atoms with Crippen molar-refractivity contribution in [2.24, 2.45) is 0 Å². The highest BCUT2D eigenvalue weighted by Gasteiger charge is 1.85. The van der Waals surface area contributed by atoms with Crippen LogP contribution in [-0.4, -0.2) is 8.42 Å². The van der Waals surface area contributed by atoms with Gasteiger partial charge < -0.3 is 5.43 Å². The minimum absolute atomic E-state index is 0. The van der Waals surface area contributed by atoms with Crippen LogP contribution in [-0.2, 0) is 10.9 Å². The summed E-state index contributed by atoms with van der Waals surface area (Å²) in [5.41, 5.74) is 5.72. The van der Waals surface area contributed by atoms with Crippen molar-refractivity contribution < 1.29 is 8.42 Å². The Morgan fingerprint density at radius 1 is 1.08 bits per heavy atom. The molecular formula is C6H10ClN3O2S. The van der Waals surface area contributed by atoms with Crippen LogP contribution in [0, 0.1) is 0 Å². The molecule has 1 aromatic rings. The molecular weight excluding hydrogens is 214 g/mol. The maximum Gasteiger partial charge on any atom is 0.215 e. The number of halogens is 1. The highest BCUT2D eigenvalue weighted by atomic mass is 35.5. The van der Waals surface area contributed by atoms with E-state index in [1.54, 1.807) is 12.1 Å². The van der Waals surface area contributed by atoms with E-state index in [0.29, 0.717) is 0 Å². The number of thiol groups is 1. The monoisotopic (exact) mass is 223 g/mol.